The number of rotatable bonds is 9. The highest BCUT2D eigenvalue weighted by molar-refractivity contribution is 9.10. The molecular weight excluding hydrogens is 521 g/mol. The Hall–Kier alpha value is -4.23. The van der Waals surface area contributed by atoms with Gasteiger partial charge in [-0.05, 0) is 58.8 Å². The lowest BCUT2D eigenvalue weighted by Crippen LogP contribution is -2.14. The molecule has 0 unspecified atom stereocenters. The highest BCUT2D eigenvalue weighted by atomic mass is 79.9. The van der Waals surface area contributed by atoms with Gasteiger partial charge in [0.05, 0.1) is 16.0 Å². The number of carbonyl (C=O) groups is 1. The van der Waals surface area contributed by atoms with Crippen LogP contribution in [-0.4, -0.2) is 17.4 Å². The van der Waals surface area contributed by atoms with Crippen molar-refractivity contribution in [3.63, 3.8) is 0 Å². The summed E-state index contributed by atoms with van der Waals surface area (Å²) >= 11 is 3.40. The van der Waals surface area contributed by atoms with E-state index in [9.17, 15) is 24.6 Å². The fraction of sp³-hybridized carbons (Fsp3) is 0.120. The molecular formula is C25H19BrFN3O5. The van der Waals surface area contributed by atoms with Crippen molar-refractivity contribution < 1.29 is 23.6 Å². The molecule has 3 aromatic rings. The summed E-state index contributed by atoms with van der Waals surface area (Å²) in [5.74, 6) is -0.559. The van der Waals surface area contributed by atoms with E-state index in [0.717, 1.165) is 0 Å². The van der Waals surface area contributed by atoms with Crippen molar-refractivity contribution >= 4 is 39.3 Å². The van der Waals surface area contributed by atoms with E-state index in [1.54, 1.807) is 37.3 Å². The first-order chi connectivity index (χ1) is 16.8. The van der Waals surface area contributed by atoms with Crippen LogP contribution in [0.15, 0.2) is 70.7 Å². The average Bonchev–Trinajstić information content (AvgIpc) is 2.83. The molecule has 3 aromatic carbocycles. The van der Waals surface area contributed by atoms with Crippen LogP contribution in [0, 0.1) is 27.3 Å². The van der Waals surface area contributed by atoms with Crippen LogP contribution in [0.2, 0.25) is 0 Å². The van der Waals surface area contributed by atoms with Crippen molar-refractivity contribution in [2.75, 3.05) is 11.9 Å². The summed E-state index contributed by atoms with van der Waals surface area (Å²) in [7, 11) is 0. The maximum absolute atomic E-state index is 14.0. The Morgan fingerprint density at radius 1 is 1.20 bits per heavy atom. The monoisotopic (exact) mass is 539 g/mol. The van der Waals surface area contributed by atoms with Crippen molar-refractivity contribution in [3.05, 3.63) is 97.8 Å². The molecule has 10 heteroatoms. The lowest BCUT2D eigenvalue weighted by atomic mass is 10.1. The van der Waals surface area contributed by atoms with Gasteiger partial charge < -0.3 is 14.8 Å². The van der Waals surface area contributed by atoms with E-state index >= 15 is 0 Å². The Kier molecular flexibility index (Phi) is 8.53. The van der Waals surface area contributed by atoms with Crippen LogP contribution in [-0.2, 0) is 11.4 Å². The molecule has 1 N–H and O–H groups in total. The van der Waals surface area contributed by atoms with Crippen LogP contribution in [0.1, 0.15) is 18.1 Å². The van der Waals surface area contributed by atoms with Crippen LogP contribution < -0.4 is 14.8 Å². The van der Waals surface area contributed by atoms with Gasteiger partial charge in [-0.15, -0.1) is 0 Å². The summed E-state index contributed by atoms with van der Waals surface area (Å²) in [5.41, 5.74) is 0.196. The van der Waals surface area contributed by atoms with E-state index < -0.39 is 16.6 Å². The van der Waals surface area contributed by atoms with E-state index in [0.29, 0.717) is 33.7 Å². The Morgan fingerprint density at radius 2 is 1.91 bits per heavy atom. The van der Waals surface area contributed by atoms with Gasteiger partial charge in [-0.2, -0.15) is 5.26 Å². The molecule has 0 aromatic heterocycles. The molecule has 0 aliphatic heterocycles. The van der Waals surface area contributed by atoms with E-state index in [-0.39, 0.29) is 23.6 Å². The zero-order valence-corrected chi connectivity index (χ0v) is 20.0. The molecule has 3 rings (SSSR count). The number of para-hydroxylation sites is 2. The van der Waals surface area contributed by atoms with Gasteiger partial charge in [-0.3, -0.25) is 14.9 Å². The average molecular weight is 540 g/mol. The summed E-state index contributed by atoms with van der Waals surface area (Å²) in [6.45, 7) is 2.04. The maximum atomic E-state index is 14.0. The number of anilines is 1. The molecule has 8 nitrogen and oxygen atoms in total. The molecule has 0 saturated carbocycles. The van der Waals surface area contributed by atoms with Gasteiger partial charge in [0.25, 0.3) is 11.6 Å². The van der Waals surface area contributed by atoms with Gasteiger partial charge in [0.1, 0.15) is 29.8 Å². The van der Waals surface area contributed by atoms with Gasteiger partial charge >= 0.3 is 0 Å². The molecule has 0 spiro atoms. The molecule has 0 atom stereocenters. The minimum Gasteiger partial charge on any atom is -0.490 e. The van der Waals surface area contributed by atoms with E-state index in [1.165, 1.54) is 36.4 Å². The molecule has 0 radical (unpaired) electrons. The third-order valence-electron chi connectivity index (χ3n) is 4.69. The van der Waals surface area contributed by atoms with E-state index in [4.69, 9.17) is 9.47 Å². The van der Waals surface area contributed by atoms with E-state index in [2.05, 4.69) is 21.2 Å². The van der Waals surface area contributed by atoms with Crippen molar-refractivity contribution in [1.29, 1.82) is 5.26 Å². The minimum absolute atomic E-state index is 0.0308. The Morgan fingerprint density at radius 3 is 2.60 bits per heavy atom. The Balaban J connectivity index is 1.88. The summed E-state index contributed by atoms with van der Waals surface area (Å²) in [4.78, 5) is 23.2. The van der Waals surface area contributed by atoms with Crippen molar-refractivity contribution in [2.45, 2.75) is 13.5 Å². The highest BCUT2D eigenvalue weighted by Gasteiger charge is 2.18. The van der Waals surface area contributed by atoms with Gasteiger partial charge in [0.15, 0.2) is 11.5 Å². The Bertz CT molecular complexity index is 1340. The smallest absolute Gasteiger partial charge is 0.292 e. The fourth-order valence-electron chi connectivity index (χ4n) is 3.08. The normalized spacial score (nSPS) is 10.9. The fourth-order valence-corrected chi connectivity index (χ4v) is 3.66. The van der Waals surface area contributed by atoms with Gasteiger partial charge in [0.2, 0.25) is 0 Å². The molecule has 0 fully saturated rings. The van der Waals surface area contributed by atoms with Gasteiger partial charge in [0, 0.05) is 11.6 Å². The number of halogens is 2. The number of nitrogens with zero attached hydrogens (tertiary/aromatic N) is 2. The van der Waals surface area contributed by atoms with Crippen LogP contribution in [0.25, 0.3) is 6.08 Å². The van der Waals surface area contributed by atoms with Gasteiger partial charge in [-0.25, -0.2) is 4.39 Å². The minimum atomic E-state index is -0.809. The van der Waals surface area contributed by atoms with Gasteiger partial charge in [-0.1, -0.05) is 30.3 Å². The number of ether oxygens (including phenoxy) is 2. The summed E-state index contributed by atoms with van der Waals surface area (Å²) in [5, 5.41) is 23.1. The number of nitrogens with one attached hydrogen (secondary N) is 1. The summed E-state index contributed by atoms with van der Waals surface area (Å²) in [6, 6.07) is 16.8. The first kappa shape index (κ1) is 25.4. The number of hydrogen-bond donors (Lipinski definition) is 1. The third kappa shape index (κ3) is 6.43. The SMILES string of the molecule is CCOc1cc(/C=C(/C#N)C(=O)Nc2ccccc2[N+](=O)[O-])cc(Br)c1OCc1ccccc1F. The largest absolute Gasteiger partial charge is 0.490 e. The molecule has 0 bridgehead atoms. The lowest BCUT2D eigenvalue weighted by molar-refractivity contribution is -0.383. The van der Waals surface area contributed by atoms with Crippen molar-refractivity contribution in [2.24, 2.45) is 0 Å². The topological polar surface area (TPSA) is 114 Å². The van der Waals surface area contributed by atoms with E-state index in [1.807, 2.05) is 6.07 Å². The molecule has 178 valence electrons. The van der Waals surface area contributed by atoms with Crippen molar-refractivity contribution in [1.82, 2.24) is 0 Å². The number of amides is 1. The number of benzene rings is 3. The summed E-state index contributed by atoms with van der Waals surface area (Å²) in [6.07, 6.45) is 1.32. The predicted molar refractivity (Wildman–Crippen MR) is 131 cm³/mol. The molecule has 0 aliphatic carbocycles. The standard InChI is InChI=1S/C25H19BrFN3O5/c1-2-34-23-13-16(12-19(26)24(23)35-15-17-7-3-4-8-20(17)27)11-18(14-28)25(31)29-21-9-5-6-10-22(21)30(32)33/h3-13H,2,15H2,1H3,(H,29,31)/b18-11-. The quantitative estimate of drug-likeness (QED) is 0.154. The molecule has 0 saturated heterocycles. The zero-order valence-electron chi connectivity index (χ0n) is 18.5. The predicted octanol–water partition coefficient (Wildman–Crippen LogP) is 6.02. The first-order valence-electron chi connectivity index (χ1n) is 10.3. The number of nitriles is 1. The molecule has 0 aliphatic rings. The van der Waals surface area contributed by atoms with Crippen LogP contribution in [0.3, 0.4) is 0 Å². The molecule has 35 heavy (non-hydrogen) atoms. The van der Waals surface area contributed by atoms with Crippen LogP contribution >= 0.6 is 15.9 Å². The third-order valence-corrected chi connectivity index (χ3v) is 5.28. The zero-order chi connectivity index (χ0) is 25.4. The molecule has 1 amide bonds. The second kappa shape index (κ2) is 11.8. The maximum Gasteiger partial charge on any atom is 0.292 e. The van der Waals surface area contributed by atoms with Crippen molar-refractivity contribution in [3.8, 4) is 17.6 Å². The number of nitro benzene ring substituents is 1. The second-order valence-electron chi connectivity index (χ2n) is 7.04. The second-order valence-corrected chi connectivity index (χ2v) is 7.90. The van der Waals surface area contributed by atoms with Crippen LogP contribution in [0.4, 0.5) is 15.8 Å². The highest BCUT2D eigenvalue weighted by Crippen LogP contribution is 2.38. The Labute approximate surface area is 208 Å². The summed E-state index contributed by atoms with van der Waals surface area (Å²) < 4.78 is 25.9. The number of nitro groups is 1. The first-order valence-corrected chi connectivity index (χ1v) is 11.1. The molecule has 0 heterocycles. The number of carbonyl (C=O) groups excluding carboxylic acids is 1. The number of hydrogen-bond acceptors (Lipinski definition) is 6. The lowest BCUT2D eigenvalue weighted by Gasteiger charge is -2.15. The van der Waals surface area contributed by atoms with Crippen LogP contribution in [0.5, 0.6) is 11.5 Å².